The van der Waals surface area contributed by atoms with E-state index >= 15 is 0 Å². The summed E-state index contributed by atoms with van der Waals surface area (Å²) >= 11 is 0. The molecule has 0 aliphatic heterocycles. The van der Waals surface area contributed by atoms with Crippen molar-refractivity contribution in [3.63, 3.8) is 0 Å². The molecule has 0 radical (unpaired) electrons. The number of unbranched alkanes of at least 4 members (excludes halogenated alkanes) is 6. The van der Waals surface area contributed by atoms with Crippen LogP contribution in [0.25, 0.3) is 0 Å². The van der Waals surface area contributed by atoms with Gasteiger partial charge in [0.25, 0.3) is 0 Å². The molecule has 0 amide bonds. The van der Waals surface area contributed by atoms with Crippen LogP contribution in [0, 0.1) is 0 Å². The SMILES string of the molecule is CCCCP(CCCC)CCCC.CCCCP(CCCC)CCCC.O=S(=O)(O)O.O=S(=O)(O)O.O=[P+](O)O. The van der Waals surface area contributed by atoms with Crippen molar-refractivity contribution in [1.29, 1.82) is 0 Å². The van der Waals surface area contributed by atoms with Gasteiger partial charge < -0.3 is 0 Å². The molecule has 11 nitrogen and oxygen atoms in total. The molecule has 0 heterocycles. The van der Waals surface area contributed by atoms with E-state index in [1.165, 1.54) is 77.0 Å². The van der Waals surface area contributed by atoms with Gasteiger partial charge in [-0.1, -0.05) is 80.1 Å². The van der Waals surface area contributed by atoms with Crippen LogP contribution < -0.4 is 0 Å². The Bertz CT molecular complexity index is 599. The minimum atomic E-state index is -4.67. The molecule has 0 fully saturated rings. The molecule has 248 valence electrons. The lowest BCUT2D eigenvalue weighted by atomic mass is 10.4. The maximum absolute atomic E-state index is 8.74. The molecule has 40 heavy (non-hydrogen) atoms. The van der Waals surface area contributed by atoms with Gasteiger partial charge in [0, 0.05) is 4.57 Å². The Hall–Kier alpha value is 0.620. The lowest BCUT2D eigenvalue weighted by Gasteiger charge is -2.16. The Kier molecular flexibility index (Phi) is 47.3. The average molecular weight is 682 g/mol. The van der Waals surface area contributed by atoms with Gasteiger partial charge in [-0.15, -0.1) is 25.6 Å². The molecule has 0 unspecified atom stereocenters. The van der Waals surface area contributed by atoms with Crippen LogP contribution in [-0.2, 0) is 25.4 Å². The second-order valence-corrected chi connectivity index (χ2v) is 16.6. The summed E-state index contributed by atoms with van der Waals surface area (Å²) in [4.78, 5) is 14.2. The smallest absolute Gasteiger partial charge is 0.264 e. The van der Waals surface area contributed by atoms with Crippen LogP contribution in [0.2, 0.25) is 0 Å². The second-order valence-electron chi connectivity index (χ2n) is 8.95. The molecule has 0 saturated carbocycles. The summed E-state index contributed by atoms with van der Waals surface area (Å²) in [6, 6.07) is 0. The van der Waals surface area contributed by atoms with Crippen molar-refractivity contribution in [3.05, 3.63) is 0 Å². The third kappa shape index (κ3) is 90.2. The highest BCUT2D eigenvalue weighted by Gasteiger charge is 2.06. The van der Waals surface area contributed by atoms with Crippen LogP contribution in [0.3, 0.4) is 0 Å². The highest BCUT2D eigenvalue weighted by molar-refractivity contribution is 7.80. The molecule has 0 spiro atoms. The van der Waals surface area contributed by atoms with E-state index in [0.29, 0.717) is 15.8 Å². The summed E-state index contributed by atoms with van der Waals surface area (Å²) in [7, 11) is -11.4. The highest BCUT2D eigenvalue weighted by Crippen LogP contribution is 2.39. The lowest BCUT2D eigenvalue weighted by Crippen LogP contribution is -1.95. The van der Waals surface area contributed by atoms with Crippen LogP contribution in [0.15, 0.2) is 0 Å². The van der Waals surface area contributed by atoms with E-state index in [4.69, 9.17) is 49.4 Å². The van der Waals surface area contributed by atoms with E-state index < -0.39 is 29.1 Å². The third-order valence-electron chi connectivity index (χ3n) is 4.97. The summed E-state index contributed by atoms with van der Waals surface area (Å²) in [5.41, 5.74) is 0. The van der Waals surface area contributed by atoms with Crippen molar-refractivity contribution in [1.82, 2.24) is 0 Å². The summed E-state index contributed by atoms with van der Waals surface area (Å²) in [5, 5.41) is 0. The standard InChI is InChI=1S/2C12H27P.2H2O4S.HO3P/c2*1-4-7-10-13(11-8-5-2)12-9-6-3;2*1-5(2,3)4;1-4(2)3/h2*4-12H2,1-3H3;2*(H2,1,2,3,4);(H-,1,2,3)/p+1. The Morgan fingerprint density at radius 1 is 0.450 bits per heavy atom. The number of hydrogen-bond acceptors (Lipinski definition) is 5. The van der Waals surface area contributed by atoms with Gasteiger partial charge in [-0.05, 0) is 75.5 Å². The van der Waals surface area contributed by atoms with E-state index in [-0.39, 0.29) is 0 Å². The number of rotatable bonds is 18. The Balaban J connectivity index is -0.000000140. The van der Waals surface area contributed by atoms with Gasteiger partial charge in [-0.25, -0.2) is 0 Å². The lowest BCUT2D eigenvalue weighted by molar-refractivity contribution is 0.378. The zero-order valence-electron chi connectivity index (χ0n) is 25.6. The van der Waals surface area contributed by atoms with Crippen molar-refractivity contribution in [2.24, 2.45) is 0 Å². The molecule has 0 rings (SSSR count). The predicted octanol–water partition coefficient (Wildman–Crippen LogP) is 8.06. The first-order chi connectivity index (χ1) is 18.4. The average Bonchev–Trinajstić information content (AvgIpc) is 2.81. The van der Waals surface area contributed by atoms with Gasteiger partial charge in [0.1, 0.15) is 0 Å². The quantitative estimate of drug-likeness (QED) is 0.0602. The normalized spacial score (nSPS) is 10.8. The maximum Gasteiger partial charge on any atom is 0.692 e. The molecule has 6 N–H and O–H groups in total. The summed E-state index contributed by atoms with van der Waals surface area (Å²) in [5.74, 6) is 0. The highest BCUT2D eigenvalue weighted by atomic mass is 32.3. The van der Waals surface area contributed by atoms with Gasteiger partial charge >= 0.3 is 29.1 Å². The molecular formula is C24H60O11P3S2+. The minimum absolute atomic E-state index is 0.422. The first-order valence-electron chi connectivity index (χ1n) is 14.1. The fourth-order valence-electron chi connectivity index (χ4n) is 2.96. The van der Waals surface area contributed by atoms with Crippen molar-refractivity contribution in [3.8, 4) is 0 Å². The minimum Gasteiger partial charge on any atom is -0.264 e. The predicted molar refractivity (Wildman–Crippen MR) is 173 cm³/mol. The first-order valence-corrected chi connectivity index (χ1v) is 21.9. The third-order valence-corrected chi connectivity index (χ3v) is 10.7. The van der Waals surface area contributed by atoms with Gasteiger partial charge in [0.15, 0.2) is 0 Å². The molecule has 0 aromatic rings. The summed E-state index contributed by atoms with van der Waals surface area (Å²) < 4.78 is 71.9. The van der Waals surface area contributed by atoms with Crippen molar-refractivity contribution >= 4 is 44.9 Å². The fraction of sp³-hybridized carbons (Fsp3) is 1.00. The van der Waals surface area contributed by atoms with E-state index in [2.05, 4.69) is 41.5 Å². The van der Waals surface area contributed by atoms with Crippen LogP contribution in [-0.4, -0.2) is 81.8 Å². The molecule has 0 saturated heterocycles. The molecule has 0 aromatic carbocycles. The van der Waals surface area contributed by atoms with Crippen LogP contribution >= 0.6 is 24.1 Å². The Morgan fingerprint density at radius 3 is 0.625 bits per heavy atom. The molecular weight excluding hydrogens is 621 g/mol. The molecule has 0 atom stereocenters. The zero-order valence-corrected chi connectivity index (χ0v) is 29.9. The van der Waals surface area contributed by atoms with Crippen molar-refractivity contribution in [2.45, 2.75) is 119 Å². The van der Waals surface area contributed by atoms with Crippen LogP contribution in [0.5, 0.6) is 0 Å². The molecule has 16 heteroatoms. The molecule has 0 aliphatic rings. The molecule has 0 aromatic heterocycles. The summed E-state index contributed by atoms with van der Waals surface area (Å²) in [6.07, 6.45) is 26.4. The van der Waals surface area contributed by atoms with Gasteiger partial charge in [0.2, 0.25) is 0 Å². The Labute approximate surface area is 249 Å². The van der Waals surface area contributed by atoms with Gasteiger partial charge in [0.05, 0.1) is 0 Å². The van der Waals surface area contributed by atoms with E-state index in [0.717, 1.165) is 0 Å². The van der Waals surface area contributed by atoms with Crippen LogP contribution in [0.1, 0.15) is 119 Å². The first kappa shape index (κ1) is 50.3. The molecule has 0 aliphatic carbocycles. The Morgan fingerprint density at radius 2 is 0.550 bits per heavy atom. The molecule has 0 bridgehead atoms. The fourth-order valence-corrected chi connectivity index (χ4v) is 8.88. The van der Waals surface area contributed by atoms with Gasteiger partial charge in [-0.2, -0.15) is 16.8 Å². The van der Waals surface area contributed by atoms with E-state index in [1.54, 1.807) is 37.0 Å². The monoisotopic (exact) mass is 681 g/mol. The van der Waals surface area contributed by atoms with E-state index in [9.17, 15) is 0 Å². The maximum atomic E-state index is 8.74. The van der Waals surface area contributed by atoms with E-state index in [1.807, 2.05) is 0 Å². The second kappa shape index (κ2) is 37.6. The number of hydrogen-bond donors (Lipinski definition) is 6. The van der Waals surface area contributed by atoms with Crippen molar-refractivity contribution < 1.29 is 49.4 Å². The zero-order chi connectivity index (χ0) is 32.5. The van der Waals surface area contributed by atoms with Gasteiger partial charge in [-0.3, -0.25) is 18.2 Å². The topological polar surface area (TPSA) is 207 Å². The largest absolute Gasteiger partial charge is 0.692 e. The summed E-state index contributed by atoms with van der Waals surface area (Å²) in [6.45, 7) is 13.9. The van der Waals surface area contributed by atoms with Crippen LogP contribution in [0.4, 0.5) is 0 Å². The van der Waals surface area contributed by atoms with Crippen molar-refractivity contribution in [2.75, 3.05) is 37.0 Å².